The van der Waals surface area contributed by atoms with E-state index in [1.165, 1.54) is 9.13 Å². The first kappa shape index (κ1) is 28.9. The molecular weight excluding hydrogens is 556 g/mol. The quantitative estimate of drug-likeness (QED) is 0.263. The second-order valence-electron chi connectivity index (χ2n) is 11.9. The Morgan fingerprint density at radius 2 is 1.57 bits per heavy atom. The van der Waals surface area contributed by atoms with Crippen LogP contribution in [0.2, 0.25) is 0 Å². The zero-order valence-corrected chi connectivity index (χ0v) is 25.2. The maximum atomic E-state index is 14.0. The molecule has 0 aliphatic heterocycles. The Bertz CT molecular complexity index is 2020. The number of imidazole rings is 1. The molecule has 3 aromatic heterocycles. The molecule has 0 aliphatic carbocycles. The average molecular weight is 591 g/mol. The first-order chi connectivity index (χ1) is 21.2. The second kappa shape index (κ2) is 11.8. The van der Waals surface area contributed by atoms with Crippen molar-refractivity contribution in [3.05, 3.63) is 111 Å². The van der Waals surface area contributed by atoms with Gasteiger partial charge >= 0.3 is 5.69 Å². The van der Waals surface area contributed by atoms with Gasteiger partial charge in [0.25, 0.3) is 5.56 Å². The van der Waals surface area contributed by atoms with E-state index in [9.17, 15) is 9.59 Å². The first-order valence-corrected chi connectivity index (χ1v) is 14.5. The SMILES string of the molecule is COCCn1c(=O)c2c(nc(CC(C)(C)C)n2Cc2ccc(-c3ccccc3-c3nnn[nH]3)cc2)n(-c2ccccc2)c1=O. The van der Waals surface area contributed by atoms with Crippen LogP contribution in [-0.2, 0) is 24.2 Å². The van der Waals surface area contributed by atoms with Gasteiger partial charge in [0.1, 0.15) is 5.82 Å². The number of methoxy groups -OCH3 is 1. The molecule has 11 nitrogen and oxygen atoms in total. The molecule has 0 saturated carbocycles. The molecule has 0 radical (unpaired) electrons. The van der Waals surface area contributed by atoms with Gasteiger partial charge in [0.15, 0.2) is 17.0 Å². The fraction of sp³-hybridized carbons (Fsp3) is 0.273. The predicted molar refractivity (Wildman–Crippen MR) is 169 cm³/mol. The van der Waals surface area contributed by atoms with E-state index in [0.717, 1.165) is 28.1 Å². The number of nitrogens with zero attached hydrogens (tertiary/aromatic N) is 7. The Morgan fingerprint density at radius 1 is 0.864 bits per heavy atom. The molecule has 0 atom stereocenters. The van der Waals surface area contributed by atoms with Crippen molar-refractivity contribution in [2.75, 3.05) is 13.7 Å². The number of nitrogens with one attached hydrogen (secondary N) is 1. The maximum absolute atomic E-state index is 14.0. The third-order valence-electron chi connectivity index (χ3n) is 7.46. The van der Waals surface area contributed by atoms with Crippen molar-refractivity contribution >= 4 is 11.2 Å². The van der Waals surface area contributed by atoms with Crippen LogP contribution < -0.4 is 11.2 Å². The number of hydrogen-bond donors (Lipinski definition) is 1. The van der Waals surface area contributed by atoms with Crippen molar-refractivity contribution in [2.45, 2.75) is 40.3 Å². The summed E-state index contributed by atoms with van der Waals surface area (Å²) in [5, 5.41) is 14.4. The lowest BCUT2D eigenvalue weighted by atomic mass is 9.92. The Balaban J connectivity index is 1.50. The van der Waals surface area contributed by atoms with Crippen molar-refractivity contribution in [1.82, 2.24) is 39.3 Å². The van der Waals surface area contributed by atoms with E-state index in [1.54, 1.807) is 7.11 Å². The lowest BCUT2D eigenvalue weighted by Gasteiger charge is -2.19. The molecule has 0 aliphatic rings. The molecule has 1 N–H and O–H groups in total. The molecule has 0 fully saturated rings. The molecule has 0 saturated heterocycles. The summed E-state index contributed by atoms with van der Waals surface area (Å²) in [7, 11) is 1.55. The highest BCUT2D eigenvalue weighted by Gasteiger charge is 2.25. The zero-order chi connectivity index (χ0) is 30.8. The third-order valence-corrected chi connectivity index (χ3v) is 7.46. The molecule has 11 heteroatoms. The number of aromatic nitrogens is 8. The van der Waals surface area contributed by atoms with E-state index in [4.69, 9.17) is 9.72 Å². The summed E-state index contributed by atoms with van der Waals surface area (Å²) in [6.45, 7) is 7.16. The zero-order valence-electron chi connectivity index (χ0n) is 25.2. The van der Waals surface area contributed by atoms with Crippen molar-refractivity contribution in [3.63, 3.8) is 0 Å². The van der Waals surface area contributed by atoms with Crippen LogP contribution in [0.3, 0.4) is 0 Å². The van der Waals surface area contributed by atoms with E-state index in [1.807, 2.05) is 71.3 Å². The van der Waals surface area contributed by atoms with Gasteiger partial charge in [-0.25, -0.2) is 19.4 Å². The second-order valence-corrected chi connectivity index (χ2v) is 11.9. The topological polar surface area (TPSA) is 126 Å². The Labute approximate surface area is 253 Å². The number of rotatable bonds is 9. The van der Waals surface area contributed by atoms with Crippen LogP contribution in [0.1, 0.15) is 32.2 Å². The Hall–Kier alpha value is -5.16. The van der Waals surface area contributed by atoms with Crippen molar-refractivity contribution in [1.29, 1.82) is 0 Å². The number of ether oxygens (including phenoxy) is 1. The molecule has 0 bridgehead atoms. The van der Waals surface area contributed by atoms with Gasteiger partial charge in [-0.1, -0.05) is 87.5 Å². The molecule has 6 rings (SSSR count). The van der Waals surface area contributed by atoms with Crippen molar-refractivity contribution in [3.8, 4) is 28.2 Å². The highest BCUT2D eigenvalue weighted by molar-refractivity contribution is 5.80. The maximum Gasteiger partial charge on any atom is 0.337 e. The number of fused-ring (bicyclic) bond motifs is 1. The number of benzene rings is 3. The molecule has 3 heterocycles. The van der Waals surface area contributed by atoms with E-state index < -0.39 is 5.69 Å². The number of tetrazole rings is 1. The van der Waals surface area contributed by atoms with Crippen molar-refractivity contribution < 1.29 is 4.74 Å². The summed E-state index contributed by atoms with van der Waals surface area (Å²) >= 11 is 0. The van der Waals surface area contributed by atoms with Crippen molar-refractivity contribution in [2.24, 2.45) is 5.41 Å². The summed E-state index contributed by atoms with van der Waals surface area (Å²) in [5.74, 6) is 1.33. The average Bonchev–Trinajstić information content (AvgIpc) is 3.66. The first-order valence-electron chi connectivity index (χ1n) is 14.5. The third kappa shape index (κ3) is 5.61. The Kier molecular flexibility index (Phi) is 7.79. The lowest BCUT2D eigenvalue weighted by Crippen LogP contribution is -2.41. The largest absolute Gasteiger partial charge is 0.383 e. The summed E-state index contributed by atoms with van der Waals surface area (Å²) in [5.41, 5.74) is 4.33. The minimum Gasteiger partial charge on any atom is -0.383 e. The van der Waals surface area contributed by atoms with E-state index in [0.29, 0.717) is 35.6 Å². The van der Waals surface area contributed by atoms with E-state index in [-0.39, 0.29) is 24.1 Å². The molecule has 0 spiro atoms. The normalized spacial score (nSPS) is 11.8. The van der Waals surface area contributed by atoms with Crippen LogP contribution in [0.15, 0.2) is 88.5 Å². The van der Waals surface area contributed by atoms with Gasteiger partial charge in [-0.15, -0.1) is 5.10 Å². The molecular formula is C33H34N8O3. The van der Waals surface area contributed by atoms with Gasteiger partial charge < -0.3 is 9.30 Å². The van der Waals surface area contributed by atoms with Crippen LogP contribution in [0.5, 0.6) is 0 Å². The van der Waals surface area contributed by atoms with Crippen LogP contribution in [0.25, 0.3) is 39.4 Å². The van der Waals surface area contributed by atoms with E-state index in [2.05, 4.69) is 53.5 Å². The number of H-pyrrole nitrogens is 1. The fourth-order valence-electron chi connectivity index (χ4n) is 5.43. The molecule has 3 aromatic carbocycles. The van der Waals surface area contributed by atoms with Crippen LogP contribution in [0.4, 0.5) is 0 Å². The monoisotopic (exact) mass is 590 g/mol. The number of hydrogen-bond acceptors (Lipinski definition) is 7. The Morgan fingerprint density at radius 3 is 2.23 bits per heavy atom. The lowest BCUT2D eigenvalue weighted by molar-refractivity contribution is 0.184. The summed E-state index contributed by atoms with van der Waals surface area (Å²) < 4.78 is 9.99. The summed E-state index contributed by atoms with van der Waals surface area (Å²) in [6.07, 6.45) is 0.610. The number of aromatic amines is 1. The minimum atomic E-state index is -0.442. The van der Waals surface area contributed by atoms with Crippen LogP contribution in [0, 0.1) is 5.41 Å². The standard InChI is InChI=1S/C33H34N8O3/c1-33(2,3)20-27-34-30-28(31(42)39(18-19-44-4)32(43)41(30)24-10-6-5-7-11-24)40(27)21-22-14-16-23(17-15-22)25-12-8-9-13-26(25)29-35-37-38-36-29/h5-17H,18-21H2,1-4H3,(H,35,36,37,38). The predicted octanol–water partition coefficient (Wildman–Crippen LogP) is 4.48. The number of para-hydroxylation sites is 1. The smallest absolute Gasteiger partial charge is 0.337 e. The summed E-state index contributed by atoms with van der Waals surface area (Å²) in [4.78, 5) is 32.8. The highest BCUT2D eigenvalue weighted by Crippen LogP contribution is 2.30. The van der Waals surface area contributed by atoms with Gasteiger partial charge in [-0.05, 0) is 44.7 Å². The minimum absolute atomic E-state index is 0.116. The van der Waals surface area contributed by atoms with E-state index >= 15 is 0 Å². The van der Waals surface area contributed by atoms with Crippen LogP contribution in [-0.4, -0.2) is 53.0 Å². The van der Waals surface area contributed by atoms with Gasteiger partial charge in [-0.3, -0.25) is 9.36 Å². The van der Waals surface area contributed by atoms with Gasteiger partial charge in [0, 0.05) is 25.6 Å². The molecule has 224 valence electrons. The molecule has 6 aromatic rings. The van der Waals surface area contributed by atoms with Gasteiger partial charge in [-0.2, -0.15) is 0 Å². The summed E-state index contributed by atoms with van der Waals surface area (Å²) in [6, 6.07) is 25.5. The molecule has 44 heavy (non-hydrogen) atoms. The van der Waals surface area contributed by atoms with Gasteiger partial charge in [0.05, 0.1) is 18.8 Å². The molecule has 0 amide bonds. The fourth-order valence-corrected chi connectivity index (χ4v) is 5.43. The van der Waals surface area contributed by atoms with Gasteiger partial charge in [0.2, 0.25) is 0 Å². The highest BCUT2D eigenvalue weighted by atomic mass is 16.5. The van der Waals surface area contributed by atoms with Crippen LogP contribution >= 0.6 is 0 Å². The molecule has 0 unspecified atom stereocenters.